The summed E-state index contributed by atoms with van der Waals surface area (Å²) in [6.45, 7) is 1.40. The van der Waals surface area contributed by atoms with Crippen LogP contribution in [0.15, 0.2) is 102 Å². The second kappa shape index (κ2) is 17.4. The van der Waals surface area contributed by atoms with Gasteiger partial charge in [-0.25, -0.2) is 8.42 Å². The number of nitrogens with zero attached hydrogens (tertiary/aromatic N) is 2. The highest BCUT2D eigenvalue weighted by Gasteiger charge is 2.36. The normalized spacial score (nSPS) is 14.1. The Balaban J connectivity index is 1.60. The molecule has 4 aromatic rings. The number of anilines is 1. The van der Waals surface area contributed by atoms with Crippen molar-refractivity contribution in [3.8, 4) is 5.75 Å². The molecular weight excluding hydrogens is 717 g/mol. The van der Waals surface area contributed by atoms with E-state index in [2.05, 4.69) is 5.32 Å². The zero-order valence-electron chi connectivity index (χ0n) is 27.7. The van der Waals surface area contributed by atoms with Gasteiger partial charge in [0, 0.05) is 24.0 Å². The molecule has 5 rings (SSSR count). The lowest BCUT2D eigenvalue weighted by molar-refractivity contribution is -0.140. The molecule has 1 atom stereocenters. The van der Waals surface area contributed by atoms with Crippen LogP contribution in [-0.2, 0) is 32.6 Å². The largest absolute Gasteiger partial charge is 0.492 e. The molecule has 4 aromatic carbocycles. The molecular formula is C38H40Cl3N3O5S. The van der Waals surface area contributed by atoms with Crippen molar-refractivity contribution in [2.24, 2.45) is 0 Å². The Morgan fingerprint density at radius 1 is 0.840 bits per heavy atom. The Bertz CT molecular complexity index is 1870. The fourth-order valence-electron chi connectivity index (χ4n) is 6.12. The summed E-state index contributed by atoms with van der Waals surface area (Å²) in [5, 5.41) is 4.21. The molecule has 0 aromatic heterocycles. The SMILES string of the molecule is CCOc1ccccc1N(CC(=O)N(Cc1ccc(Cl)c(Cl)c1)[C@H](Cc1ccccc1)C(=O)NC1CCCCC1)S(=O)(=O)c1ccc(Cl)cc1. The topological polar surface area (TPSA) is 96.0 Å². The van der Waals surface area contributed by atoms with Crippen molar-refractivity contribution in [1.29, 1.82) is 0 Å². The van der Waals surface area contributed by atoms with Crippen LogP contribution >= 0.6 is 34.8 Å². The molecule has 0 saturated heterocycles. The average Bonchev–Trinajstić information content (AvgIpc) is 3.11. The zero-order valence-corrected chi connectivity index (χ0v) is 30.8. The number of hydrogen-bond acceptors (Lipinski definition) is 5. The van der Waals surface area contributed by atoms with Gasteiger partial charge < -0.3 is 15.0 Å². The van der Waals surface area contributed by atoms with E-state index in [4.69, 9.17) is 39.5 Å². The molecule has 50 heavy (non-hydrogen) atoms. The number of benzene rings is 4. The van der Waals surface area contributed by atoms with Crippen molar-refractivity contribution < 1.29 is 22.7 Å². The minimum atomic E-state index is -4.34. The van der Waals surface area contributed by atoms with Crippen molar-refractivity contribution in [2.45, 2.75) is 69.0 Å². The van der Waals surface area contributed by atoms with Gasteiger partial charge in [-0.05, 0) is 79.4 Å². The number of sulfonamides is 1. The number of nitrogens with one attached hydrogen (secondary N) is 1. The van der Waals surface area contributed by atoms with Gasteiger partial charge in [0.2, 0.25) is 11.8 Å². The van der Waals surface area contributed by atoms with Gasteiger partial charge in [0.25, 0.3) is 10.0 Å². The smallest absolute Gasteiger partial charge is 0.264 e. The van der Waals surface area contributed by atoms with Crippen LogP contribution in [0.3, 0.4) is 0 Å². The summed E-state index contributed by atoms with van der Waals surface area (Å²) in [5.41, 5.74) is 1.65. The molecule has 0 unspecified atom stereocenters. The van der Waals surface area contributed by atoms with Gasteiger partial charge in [-0.3, -0.25) is 13.9 Å². The lowest BCUT2D eigenvalue weighted by atomic mass is 9.94. The summed E-state index contributed by atoms with van der Waals surface area (Å²) in [5.74, 6) is -0.622. The molecule has 264 valence electrons. The second-order valence-corrected chi connectivity index (χ2v) is 15.3. The number of halogens is 3. The van der Waals surface area contributed by atoms with Crippen LogP contribution in [0.4, 0.5) is 5.69 Å². The number of carbonyl (C=O) groups is 2. The number of rotatable bonds is 14. The van der Waals surface area contributed by atoms with Crippen molar-refractivity contribution in [3.05, 3.63) is 123 Å². The monoisotopic (exact) mass is 755 g/mol. The van der Waals surface area contributed by atoms with Crippen molar-refractivity contribution in [3.63, 3.8) is 0 Å². The van der Waals surface area contributed by atoms with E-state index in [0.717, 1.165) is 42.0 Å². The van der Waals surface area contributed by atoms with Gasteiger partial charge in [-0.1, -0.05) is 103 Å². The van der Waals surface area contributed by atoms with Crippen LogP contribution in [0.1, 0.15) is 50.2 Å². The van der Waals surface area contributed by atoms with E-state index in [0.29, 0.717) is 20.6 Å². The summed E-state index contributed by atoms with van der Waals surface area (Å²) < 4.78 is 35.7. The highest BCUT2D eigenvalue weighted by Crippen LogP contribution is 2.34. The van der Waals surface area contributed by atoms with Crippen molar-refractivity contribution >= 4 is 62.3 Å². The number of hydrogen-bond donors (Lipinski definition) is 1. The third-order valence-electron chi connectivity index (χ3n) is 8.67. The van der Waals surface area contributed by atoms with E-state index in [9.17, 15) is 18.0 Å². The summed E-state index contributed by atoms with van der Waals surface area (Å²) in [7, 11) is -4.34. The Morgan fingerprint density at radius 2 is 1.52 bits per heavy atom. The molecule has 12 heteroatoms. The molecule has 0 aliphatic heterocycles. The van der Waals surface area contributed by atoms with Gasteiger partial charge in [0.15, 0.2) is 0 Å². The first-order valence-electron chi connectivity index (χ1n) is 16.6. The van der Waals surface area contributed by atoms with E-state index in [1.807, 2.05) is 30.3 Å². The third kappa shape index (κ3) is 9.51. The Kier molecular flexibility index (Phi) is 13.1. The van der Waals surface area contributed by atoms with Gasteiger partial charge in [-0.15, -0.1) is 0 Å². The van der Waals surface area contributed by atoms with Crippen LogP contribution < -0.4 is 14.4 Å². The average molecular weight is 757 g/mol. The Labute approximate surface area is 309 Å². The molecule has 1 N–H and O–H groups in total. The maximum Gasteiger partial charge on any atom is 0.264 e. The maximum absolute atomic E-state index is 14.8. The fraction of sp³-hybridized carbons (Fsp3) is 0.316. The summed E-state index contributed by atoms with van der Waals surface area (Å²) in [6.07, 6.45) is 5.04. The van der Waals surface area contributed by atoms with Gasteiger partial charge >= 0.3 is 0 Å². The second-order valence-electron chi connectivity index (χ2n) is 12.2. The fourth-order valence-corrected chi connectivity index (χ4v) is 7.99. The third-order valence-corrected chi connectivity index (χ3v) is 11.4. The van der Waals surface area contributed by atoms with Crippen LogP contribution in [0.25, 0.3) is 0 Å². The molecule has 2 amide bonds. The first kappa shape index (κ1) is 37.5. The minimum Gasteiger partial charge on any atom is -0.492 e. The molecule has 8 nitrogen and oxygen atoms in total. The number of carbonyl (C=O) groups excluding carboxylic acids is 2. The Hall–Kier alpha value is -3.76. The molecule has 0 radical (unpaired) electrons. The number of amides is 2. The van der Waals surface area contributed by atoms with Gasteiger partial charge in [0.1, 0.15) is 18.3 Å². The highest BCUT2D eigenvalue weighted by molar-refractivity contribution is 7.92. The molecule has 0 spiro atoms. The van der Waals surface area contributed by atoms with E-state index >= 15 is 0 Å². The van der Waals surface area contributed by atoms with Crippen LogP contribution in [0, 0.1) is 0 Å². The standard InChI is InChI=1S/C38H40Cl3N3O5S/c1-2-49-36-16-10-9-15-34(36)44(50(47,48)31-20-18-29(39)19-21-31)26-37(45)43(25-28-17-22-32(40)33(41)23-28)35(24-27-11-5-3-6-12-27)38(46)42-30-13-7-4-8-14-30/h3,5-6,9-12,15-23,30,35H,2,4,7-8,13-14,24-26H2,1H3,(H,42,46)/t35-/m1/s1. The first-order chi connectivity index (χ1) is 24.1. The zero-order chi connectivity index (χ0) is 35.7. The van der Waals surface area contributed by atoms with E-state index < -0.39 is 28.5 Å². The van der Waals surface area contributed by atoms with Gasteiger partial charge in [0.05, 0.1) is 27.2 Å². The predicted molar refractivity (Wildman–Crippen MR) is 200 cm³/mol. The first-order valence-corrected chi connectivity index (χ1v) is 19.2. The van der Waals surface area contributed by atoms with Crippen molar-refractivity contribution in [2.75, 3.05) is 17.5 Å². The molecule has 0 bridgehead atoms. The maximum atomic E-state index is 14.8. The summed E-state index contributed by atoms with van der Waals surface area (Å²) >= 11 is 18.7. The van der Waals surface area contributed by atoms with E-state index in [1.54, 1.807) is 49.4 Å². The quantitative estimate of drug-likeness (QED) is 0.140. The number of ether oxygens (including phenoxy) is 1. The molecule has 1 aliphatic carbocycles. The van der Waals surface area contributed by atoms with E-state index in [-0.39, 0.29) is 47.9 Å². The van der Waals surface area contributed by atoms with Crippen LogP contribution in [0.5, 0.6) is 5.75 Å². The lowest BCUT2D eigenvalue weighted by Gasteiger charge is -2.35. The summed E-state index contributed by atoms with van der Waals surface area (Å²) in [4.78, 5) is 30.5. The predicted octanol–water partition coefficient (Wildman–Crippen LogP) is 8.33. The van der Waals surface area contributed by atoms with Crippen LogP contribution in [0.2, 0.25) is 15.1 Å². The van der Waals surface area contributed by atoms with E-state index in [1.165, 1.54) is 29.2 Å². The Morgan fingerprint density at radius 3 is 2.20 bits per heavy atom. The van der Waals surface area contributed by atoms with Gasteiger partial charge in [-0.2, -0.15) is 0 Å². The lowest BCUT2D eigenvalue weighted by Crippen LogP contribution is -2.55. The molecule has 1 saturated carbocycles. The number of para-hydroxylation sites is 2. The molecule has 0 heterocycles. The molecule has 1 fully saturated rings. The van der Waals surface area contributed by atoms with Crippen LogP contribution in [-0.4, -0.2) is 50.4 Å². The molecule has 1 aliphatic rings. The highest BCUT2D eigenvalue weighted by atomic mass is 35.5. The summed E-state index contributed by atoms with van der Waals surface area (Å²) in [6, 6.07) is 25.8. The van der Waals surface area contributed by atoms with Crippen molar-refractivity contribution in [1.82, 2.24) is 10.2 Å². The minimum absolute atomic E-state index is 0.0173.